The monoisotopic (exact) mass is 429 g/mol. The molecular weight excluding hydrogens is 402 g/mol. The number of nitrogens with one attached hydrogen (secondary N) is 1. The lowest BCUT2D eigenvalue weighted by atomic mass is 10.1. The van der Waals surface area contributed by atoms with E-state index in [4.69, 9.17) is 11.5 Å². The molecule has 9 heteroatoms. The van der Waals surface area contributed by atoms with Gasteiger partial charge in [-0.15, -0.1) is 0 Å². The molecule has 0 saturated heterocycles. The topological polar surface area (TPSA) is 131 Å². The standard InChI is InChI=1S/C21H27N5O3S/c1-2-15(20(28)24-14-10-6-7-11-14)26(12-13-8-4-3-5-9-13)21(29)18-16(22)17(19(23)27)25-30-18/h3-5,8-9,14-15H,2,6-7,10-12,22H2,1H3,(H2,23,27)(H,24,28)/t15-/m1/s1. The van der Waals surface area contributed by atoms with E-state index in [1.165, 1.54) is 4.90 Å². The highest BCUT2D eigenvalue weighted by atomic mass is 32.1. The lowest BCUT2D eigenvalue weighted by Crippen LogP contribution is -2.50. The van der Waals surface area contributed by atoms with Gasteiger partial charge in [0.2, 0.25) is 5.91 Å². The molecule has 2 aromatic rings. The largest absolute Gasteiger partial charge is 0.395 e. The molecule has 0 aliphatic heterocycles. The fourth-order valence-corrected chi connectivity index (χ4v) is 4.54. The van der Waals surface area contributed by atoms with Gasteiger partial charge < -0.3 is 21.7 Å². The predicted octanol–water partition coefficient (Wildman–Crippen LogP) is 2.30. The second-order valence-corrected chi connectivity index (χ2v) is 8.24. The van der Waals surface area contributed by atoms with E-state index in [-0.39, 0.29) is 34.8 Å². The van der Waals surface area contributed by atoms with Crippen molar-refractivity contribution in [3.05, 3.63) is 46.5 Å². The van der Waals surface area contributed by atoms with E-state index < -0.39 is 17.9 Å². The molecule has 1 fully saturated rings. The molecule has 0 bridgehead atoms. The van der Waals surface area contributed by atoms with Crippen molar-refractivity contribution in [1.29, 1.82) is 0 Å². The van der Waals surface area contributed by atoms with Crippen LogP contribution in [0, 0.1) is 0 Å². The zero-order chi connectivity index (χ0) is 21.7. The Balaban J connectivity index is 1.91. The van der Waals surface area contributed by atoms with Gasteiger partial charge in [-0.2, -0.15) is 4.37 Å². The summed E-state index contributed by atoms with van der Waals surface area (Å²) in [5.74, 6) is -1.40. The lowest BCUT2D eigenvalue weighted by molar-refractivity contribution is -0.126. The fraction of sp³-hybridized carbons (Fsp3) is 0.429. The van der Waals surface area contributed by atoms with Crippen molar-refractivity contribution in [2.45, 2.75) is 57.7 Å². The van der Waals surface area contributed by atoms with Crippen molar-refractivity contribution in [3.63, 3.8) is 0 Å². The predicted molar refractivity (Wildman–Crippen MR) is 116 cm³/mol. The number of nitrogens with two attached hydrogens (primary N) is 2. The number of primary amides is 1. The van der Waals surface area contributed by atoms with Crippen LogP contribution < -0.4 is 16.8 Å². The van der Waals surface area contributed by atoms with Crippen LogP contribution in [0.4, 0.5) is 5.69 Å². The van der Waals surface area contributed by atoms with Crippen molar-refractivity contribution >= 4 is 34.9 Å². The van der Waals surface area contributed by atoms with Gasteiger partial charge in [-0.3, -0.25) is 14.4 Å². The fourth-order valence-electron chi connectivity index (χ4n) is 3.78. The third-order valence-corrected chi connectivity index (χ3v) is 6.23. The average molecular weight is 430 g/mol. The Morgan fingerprint density at radius 3 is 2.47 bits per heavy atom. The zero-order valence-electron chi connectivity index (χ0n) is 17.0. The van der Waals surface area contributed by atoms with Crippen LogP contribution in [-0.4, -0.2) is 39.1 Å². The number of amides is 3. The minimum absolute atomic E-state index is 0.0402. The lowest BCUT2D eigenvalue weighted by Gasteiger charge is -2.31. The van der Waals surface area contributed by atoms with Gasteiger partial charge >= 0.3 is 0 Å². The molecule has 0 unspecified atom stereocenters. The number of anilines is 1. The van der Waals surface area contributed by atoms with E-state index in [0.29, 0.717) is 6.42 Å². The molecule has 1 aliphatic carbocycles. The number of carbonyl (C=O) groups excluding carboxylic acids is 3. The van der Waals surface area contributed by atoms with Crippen LogP contribution in [0.2, 0.25) is 0 Å². The van der Waals surface area contributed by atoms with Gasteiger partial charge in [0.15, 0.2) is 5.69 Å². The number of aromatic nitrogens is 1. The zero-order valence-corrected chi connectivity index (χ0v) is 17.8. The van der Waals surface area contributed by atoms with Crippen LogP contribution in [0.1, 0.15) is 64.8 Å². The smallest absolute Gasteiger partial charge is 0.270 e. The second kappa shape index (κ2) is 9.71. The molecule has 3 rings (SSSR count). The molecule has 1 atom stereocenters. The van der Waals surface area contributed by atoms with E-state index in [9.17, 15) is 14.4 Å². The van der Waals surface area contributed by atoms with E-state index in [1.807, 2.05) is 37.3 Å². The first kappa shape index (κ1) is 21.8. The molecule has 1 aromatic carbocycles. The summed E-state index contributed by atoms with van der Waals surface area (Å²) in [5, 5.41) is 3.09. The molecule has 3 amide bonds. The Morgan fingerprint density at radius 1 is 1.23 bits per heavy atom. The first-order valence-electron chi connectivity index (χ1n) is 10.1. The molecule has 5 N–H and O–H groups in total. The normalized spacial score (nSPS) is 15.0. The van der Waals surface area contributed by atoms with Crippen LogP contribution in [0.15, 0.2) is 30.3 Å². The maximum absolute atomic E-state index is 13.4. The van der Waals surface area contributed by atoms with Gasteiger partial charge in [0.25, 0.3) is 11.8 Å². The van der Waals surface area contributed by atoms with Crippen molar-refractivity contribution in [2.75, 3.05) is 5.73 Å². The van der Waals surface area contributed by atoms with Crippen molar-refractivity contribution < 1.29 is 14.4 Å². The molecule has 1 saturated carbocycles. The molecule has 1 aliphatic rings. The van der Waals surface area contributed by atoms with E-state index in [2.05, 4.69) is 9.69 Å². The minimum atomic E-state index is -0.788. The molecule has 1 heterocycles. The van der Waals surface area contributed by atoms with E-state index >= 15 is 0 Å². The third kappa shape index (κ3) is 4.79. The number of rotatable bonds is 8. The third-order valence-electron chi connectivity index (χ3n) is 5.38. The summed E-state index contributed by atoms with van der Waals surface area (Å²) in [5.41, 5.74) is 12.0. The second-order valence-electron chi connectivity index (χ2n) is 7.47. The van der Waals surface area contributed by atoms with Crippen molar-refractivity contribution in [1.82, 2.24) is 14.6 Å². The molecular formula is C21H27N5O3S. The van der Waals surface area contributed by atoms with Gasteiger partial charge in [-0.25, -0.2) is 0 Å². The number of nitrogens with zero attached hydrogens (tertiary/aromatic N) is 2. The molecule has 1 aromatic heterocycles. The first-order chi connectivity index (χ1) is 14.4. The highest BCUT2D eigenvalue weighted by molar-refractivity contribution is 7.09. The van der Waals surface area contributed by atoms with Crippen LogP contribution >= 0.6 is 11.5 Å². The average Bonchev–Trinajstić information content (AvgIpc) is 3.37. The SMILES string of the molecule is CC[C@H](C(=O)NC1CCCC1)N(Cc1ccccc1)C(=O)c1snc(C(N)=O)c1N. The molecule has 8 nitrogen and oxygen atoms in total. The maximum atomic E-state index is 13.4. The van der Waals surface area contributed by atoms with Crippen LogP contribution in [0.25, 0.3) is 0 Å². The Hall–Kier alpha value is -2.94. The van der Waals surface area contributed by atoms with Gasteiger partial charge in [0.1, 0.15) is 10.9 Å². The van der Waals surface area contributed by atoms with Gasteiger partial charge in [-0.05, 0) is 36.4 Å². The summed E-state index contributed by atoms with van der Waals surface area (Å²) in [7, 11) is 0. The number of hydrogen-bond acceptors (Lipinski definition) is 6. The summed E-state index contributed by atoms with van der Waals surface area (Å²) in [6.45, 7) is 2.11. The summed E-state index contributed by atoms with van der Waals surface area (Å²) < 4.78 is 3.93. The van der Waals surface area contributed by atoms with Crippen LogP contribution in [-0.2, 0) is 11.3 Å². The Bertz CT molecular complexity index is 909. The maximum Gasteiger partial charge on any atom is 0.270 e. The highest BCUT2D eigenvalue weighted by Crippen LogP contribution is 2.26. The van der Waals surface area contributed by atoms with Gasteiger partial charge in [0.05, 0.1) is 5.69 Å². The molecule has 0 radical (unpaired) electrons. The van der Waals surface area contributed by atoms with Gasteiger partial charge in [-0.1, -0.05) is 50.1 Å². The Morgan fingerprint density at radius 2 is 1.90 bits per heavy atom. The van der Waals surface area contributed by atoms with Crippen molar-refractivity contribution in [3.8, 4) is 0 Å². The number of hydrogen-bond donors (Lipinski definition) is 3. The van der Waals surface area contributed by atoms with E-state index in [1.54, 1.807) is 0 Å². The Labute approximate surface area is 179 Å². The van der Waals surface area contributed by atoms with E-state index in [0.717, 1.165) is 42.8 Å². The number of carbonyl (C=O) groups is 3. The summed E-state index contributed by atoms with van der Waals surface area (Å²) >= 11 is 0.825. The molecule has 30 heavy (non-hydrogen) atoms. The quantitative estimate of drug-likeness (QED) is 0.592. The number of benzene rings is 1. The van der Waals surface area contributed by atoms with Crippen LogP contribution in [0.3, 0.4) is 0 Å². The number of nitrogen functional groups attached to an aromatic ring is 1. The molecule has 160 valence electrons. The summed E-state index contributed by atoms with van der Waals surface area (Å²) in [4.78, 5) is 39.6. The summed E-state index contributed by atoms with van der Waals surface area (Å²) in [6.07, 6.45) is 4.55. The highest BCUT2D eigenvalue weighted by Gasteiger charge is 2.33. The van der Waals surface area contributed by atoms with Crippen molar-refractivity contribution in [2.24, 2.45) is 5.73 Å². The Kier molecular flexibility index (Phi) is 7.04. The summed E-state index contributed by atoms with van der Waals surface area (Å²) in [6, 6.07) is 8.92. The first-order valence-corrected chi connectivity index (χ1v) is 10.9. The van der Waals surface area contributed by atoms with Crippen LogP contribution in [0.5, 0.6) is 0 Å². The minimum Gasteiger partial charge on any atom is -0.395 e. The van der Waals surface area contributed by atoms with Gasteiger partial charge in [0, 0.05) is 12.6 Å². The molecule has 0 spiro atoms.